The van der Waals surface area contributed by atoms with E-state index in [0.717, 1.165) is 11.1 Å². The summed E-state index contributed by atoms with van der Waals surface area (Å²) in [6.45, 7) is 1.88. The van der Waals surface area contributed by atoms with Gasteiger partial charge in [-0.25, -0.2) is 0 Å². The number of rotatable bonds is 4. The predicted molar refractivity (Wildman–Crippen MR) is 78.8 cm³/mol. The zero-order chi connectivity index (χ0) is 14.7. The number of benzene rings is 2. The molecule has 6 heteroatoms. The van der Waals surface area contributed by atoms with Crippen LogP contribution in [-0.4, -0.2) is 9.13 Å². The van der Waals surface area contributed by atoms with Crippen LogP contribution in [0.25, 0.3) is 0 Å². The Morgan fingerprint density at radius 3 is 2.45 bits per heavy atom. The summed E-state index contributed by atoms with van der Waals surface area (Å²) in [5.41, 5.74) is 8.01. The number of nitro groups is 1. The van der Waals surface area contributed by atoms with Crippen molar-refractivity contribution in [3.05, 3.63) is 63.7 Å². The van der Waals surface area contributed by atoms with E-state index in [-0.39, 0.29) is 5.69 Å². The first-order valence-electron chi connectivity index (χ1n) is 5.95. The molecule has 0 aliphatic rings. The Kier molecular flexibility index (Phi) is 4.14. The molecule has 5 nitrogen and oxygen atoms in total. The molecule has 2 N–H and O–H groups in total. The van der Waals surface area contributed by atoms with E-state index in [1.165, 1.54) is 12.1 Å². The first-order chi connectivity index (χ1) is 9.47. The zero-order valence-corrected chi connectivity index (χ0v) is 11.7. The predicted octanol–water partition coefficient (Wildman–Crippen LogP) is 2.79. The summed E-state index contributed by atoms with van der Waals surface area (Å²) < 4.78 is 12.3. The average Bonchev–Trinajstić information content (AvgIpc) is 2.42. The summed E-state index contributed by atoms with van der Waals surface area (Å²) in [7, 11) is -1.22. The lowest BCUT2D eigenvalue weighted by molar-refractivity contribution is -0.384. The number of non-ortho nitro benzene ring substituents is 1. The van der Waals surface area contributed by atoms with Crippen LogP contribution >= 0.6 is 0 Å². The molecule has 2 rings (SSSR count). The van der Waals surface area contributed by atoms with E-state index < -0.39 is 15.7 Å². The van der Waals surface area contributed by atoms with E-state index in [2.05, 4.69) is 0 Å². The SMILES string of the molecule is Cc1ccc(N)cc1S(=O)Cc1ccc([N+](=O)[O-])cc1. The van der Waals surface area contributed by atoms with Gasteiger partial charge in [-0.2, -0.15) is 0 Å². The molecule has 0 saturated carbocycles. The van der Waals surface area contributed by atoms with Crippen molar-refractivity contribution in [2.75, 3.05) is 5.73 Å². The quantitative estimate of drug-likeness (QED) is 0.533. The van der Waals surface area contributed by atoms with Gasteiger partial charge in [-0.3, -0.25) is 14.3 Å². The smallest absolute Gasteiger partial charge is 0.269 e. The van der Waals surface area contributed by atoms with Crippen LogP contribution in [0.2, 0.25) is 0 Å². The summed E-state index contributed by atoms with van der Waals surface area (Å²) in [5.74, 6) is 0.308. The molecule has 0 aromatic heterocycles. The Bertz CT molecular complexity index is 669. The van der Waals surface area contributed by atoms with Crippen LogP contribution in [0.4, 0.5) is 11.4 Å². The van der Waals surface area contributed by atoms with Crippen LogP contribution in [0.3, 0.4) is 0 Å². The highest BCUT2D eigenvalue weighted by atomic mass is 32.2. The van der Waals surface area contributed by atoms with Crippen molar-refractivity contribution in [1.82, 2.24) is 0 Å². The van der Waals surface area contributed by atoms with Crippen molar-refractivity contribution in [3.63, 3.8) is 0 Å². The van der Waals surface area contributed by atoms with Gasteiger partial charge in [0.1, 0.15) is 0 Å². The Hall–Kier alpha value is -2.21. The Labute approximate surface area is 119 Å². The van der Waals surface area contributed by atoms with E-state index in [9.17, 15) is 14.3 Å². The summed E-state index contributed by atoms with van der Waals surface area (Å²) >= 11 is 0. The minimum atomic E-state index is -1.22. The summed E-state index contributed by atoms with van der Waals surface area (Å²) in [5, 5.41) is 10.6. The lowest BCUT2D eigenvalue weighted by atomic mass is 10.2. The van der Waals surface area contributed by atoms with Gasteiger partial charge in [-0.15, -0.1) is 0 Å². The maximum Gasteiger partial charge on any atom is 0.269 e. The minimum Gasteiger partial charge on any atom is -0.399 e. The summed E-state index contributed by atoms with van der Waals surface area (Å²) in [4.78, 5) is 10.8. The maximum absolute atomic E-state index is 12.3. The number of hydrogen-bond donors (Lipinski definition) is 1. The Balaban J connectivity index is 2.19. The second-order valence-corrected chi connectivity index (χ2v) is 5.86. The van der Waals surface area contributed by atoms with E-state index >= 15 is 0 Å². The van der Waals surface area contributed by atoms with Gasteiger partial charge >= 0.3 is 0 Å². The zero-order valence-electron chi connectivity index (χ0n) is 10.9. The van der Waals surface area contributed by atoms with Gasteiger partial charge < -0.3 is 5.73 Å². The fourth-order valence-corrected chi connectivity index (χ4v) is 3.15. The summed E-state index contributed by atoms with van der Waals surface area (Å²) in [6.07, 6.45) is 0. The monoisotopic (exact) mass is 290 g/mol. The second kappa shape index (κ2) is 5.83. The van der Waals surface area contributed by atoms with Crippen molar-refractivity contribution in [2.45, 2.75) is 17.6 Å². The Morgan fingerprint density at radius 1 is 1.20 bits per heavy atom. The largest absolute Gasteiger partial charge is 0.399 e. The van der Waals surface area contributed by atoms with Gasteiger partial charge in [0.05, 0.1) is 21.5 Å². The summed E-state index contributed by atoms with van der Waals surface area (Å²) in [6, 6.07) is 11.4. The van der Waals surface area contributed by atoms with Crippen LogP contribution in [-0.2, 0) is 16.6 Å². The first-order valence-corrected chi connectivity index (χ1v) is 7.27. The molecule has 1 atom stereocenters. The third-order valence-corrected chi connectivity index (χ3v) is 4.43. The standard InChI is InChI=1S/C14H14N2O3S/c1-10-2-5-12(15)8-14(10)20(19)9-11-3-6-13(7-4-11)16(17)18/h2-8H,9,15H2,1H3. The molecule has 0 aliphatic carbocycles. The van der Waals surface area contributed by atoms with Gasteiger partial charge in [0, 0.05) is 22.7 Å². The molecule has 2 aromatic rings. The fraction of sp³-hybridized carbons (Fsp3) is 0.143. The van der Waals surface area contributed by atoms with Crippen LogP contribution in [0.15, 0.2) is 47.4 Å². The van der Waals surface area contributed by atoms with Crippen molar-refractivity contribution in [3.8, 4) is 0 Å². The number of nitro benzene ring substituents is 1. The number of nitrogens with two attached hydrogens (primary N) is 1. The first kappa shape index (κ1) is 14.2. The maximum atomic E-state index is 12.3. The number of hydrogen-bond acceptors (Lipinski definition) is 4. The van der Waals surface area contributed by atoms with Gasteiger partial charge in [-0.05, 0) is 30.2 Å². The van der Waals surface area contributed by atoms with E-state index in [1.54, 1.807) is 24.3 Å². The third kappa shape index (κ3) is 3.21. The topological polar surface area (TPSA) is 86.2 Å². The molecule has 104 valence electrons. The van der Waals surface area contributed by atoms with Crippen LogP contribution in [0.1, 0.15) is 11.1 Å². The van der Waals surface area contributed by atoms with Gasteiger partial charge in [0.2, 0.25) is 0 Å². The van der Waals surface area contributed by atoms with E-state index in [0.29, 0.717) is 16.3 Å². The van der Waals surface area contributed by atoms with Crippen molar-refractivity contribution < 1.29 is 9.13 Å². The molecule has 0 heterocycles. The van der Waals surface area contributed by atoms with Gasteiger partial charge in [0.25, 0.3) is 5.69 Å². The molecule has 0 spiro atoms. The van der Waals surface area contributed by atoms with E-state index in [1.807, 2.05) is 13.0 Å². The molecular weight excluding hydrogens is 276 g/mol. The van der Waals surface area contributed by atoms with Crippen LogP contribution in [0.5, 0.6) is 0 Å². The van der Waals surface area contributed by atoms with Crippen molar-refractivity contribution in [2.24, 2.45) is 0 Å². The molecule has 0 amide bonds. The molecule has 0 bridgehead atoms. The van der Waals surface area contributed by atoms with E-state index in [4.69, 9.17) is 5.73 Å². The molecule has 2 aromatic carbocycles. The lowest BCUT2D eigenvalue weighted by Gasteiger charge is -2.07. The molecule has 20 heavy (non-hydrogen) atoms. The number of anilines is 1. The van der Waals surface area contributed by atoms with Crippen LogP contribution in [0, 0.1) is 17.0 Å². The average molecular weight is 290 g/mol. The normalized spacial score (nSPS) is 12.1. The fourth-order valence-electron chi connectivity index (χ4n) is 1.80. The molecule has 0 saturated heterocycles. The molecular formula is C14H14N2O3S. The Morgan fingerprint density at radius 2 is 1.85 bits per heavy atom. The minimum absolute atomic E-state index is 0.0275. The lowest BCUT2D eigenvalue weighted by Crippen LogP contribution is -2.00. The van der Waals surface area contributed by atoms with Crippen molar-refractivity contribution in [1.29, 1.82) is 0 Å². The highest BCUT2D eigenvalue weighted by Crippen LogP contribution is 2.20. The number of nitrogens with zero attached hydrogens (tertiary/aromatic N) is 1. The molecule has 0 radical (unpaired) electrons. The molecule has 0 fully saturated rings. The van der Waals surface area contributed by atoms with Crippen molar-refractivity contribution >= 4 is 22.2 Å². The highest BCUT2D eigenvalue weighted by molar-refractivity contribution is 7.84. The number of aryl methyl sites for hydroxylation is 1. The molecule has 0 aliphatic heterocycles. The second-order valence-electron chi connectivity index (χ2n) is 4.44. The molecule has 1 unspecified atom stereocenters. The van der Waals surface area contributed by atoms with Crippen LogP contribution < -0.4 is 5.73 Å². The van der Waals surface area contributed by atoms with Gasteiger partial charge in [0.15, 0.2) is 0 Å². The van der Waals surface area contributed by atoms with Gasteiger partial charge in [-0.1, -0.05) is 18.2 Å². The number of nitrogen functional groups attached to an aromatic ring is 1. The third-order valence-electron chi connectivity index (χ3n) is 2.90. The highest BCUT2D eigenvalue weighted by Gasteiger charge is 2.10.